The maximum Gasteiger partial charge on any atom is 0.446 e. The van der Waals surface area contributed by atoms with E-state index in [-0.39, 0.29) is 23.3 Å². The molecule has 0 radical (unpaired) electrons. The summed E-state index contributed by atoms with van der Waals surface area (Å²) in [5.41, 5.74) is -3.18. The van der Waals surface area contributed by atoms with E-state index in [0.29, 0.717) is 48.2 Å². The standard InChI is InChI=1S/C20H20F3N3O2S/c21-20(22,23)29-14-5-6-17-15(13-14)19(24-16-3-1-2-4-18(16)28-17)26-9-7-25(8-10-26)11-12-27/h1-6,13,27H,7-12H2. The number of thioether (sulfide) groups is 1. The van der Waals surface area contributed by atoms with Gasteiger partial charge in [-0.05, 0) is 42.1 Å². The van der Waals surface area contributed by atoms with Crippen molar-refractivity contribution in [1.29, 1.82) is 0 Å². The van der Waals surface area contributed by atoms with Crippen molar-refractivity contribution in [3.8, 4) is 11.5 Å². The molecule has 0 bridgehead atoms. The number of alkyl halides is 3. The highest BCUT2D eigenvalue weighted by Gasteiger charge is 2.31. The number of benzene rings is 2. The second-order valence-electron chi connectivity index (χ2n) is 6.76. The Morgan fingerprint density at radius 3 is 2.52 bits per heavy atom. The van der Waals surface area contributed by atoms with Crippen molar-refractivity contribution in [3.05, 3.63) is 48.0 Å². The molecular weight excluding hydrogens is 403 g/mol. The number of hydrogen-bond donors (Lipinski definition) is 1. The van der Waals surface area contributed by atoms with Gasteiger partial charge in [-0.1, -0.05) is 12.1 Å². The molecule has 29 heavy (non-hydrogen) atoms. The number of amidine groups is 1. The van der Waals surface area contributed by atoms with E-state index in [0.717, 1.165) is 13.1 Å². The lowest BCUT2D eigenvalue weighted by Crippen LogP contribution is -2.49. The number of nitrogens with zero attached hydrogens (tertiary/aromatic N) is 3. The van der Waals surface area contributed by atoms with Crippen LogP contribution in [0.2, 0.25) is 0 Å². The highest BCUT2D eigenvalue weighted by Crippen LogP contribution is 2.42. The lowest BCUT2D eigenvalue weighted by molar-refractivity contribution is -0.0328. The molecule has 2 heterocycles. The van der Waals surface area contributed by atoms with Crippen LogP contribution in [0.4, 0.5) is 18.9 Å². The number of rotatable bonds is 3. The van der Waals surface area contributed by atoms with Gasteiger partial charge in [0.2, 0.25) is 0 Å². The Morgan fingerprint density at radius 1 is 1.03 bits per heavy atom. The van der Waals surface area contributed by atoms with Crippen LogP contribution in [0.15, 0.2) is 52.4 Å². The van der Waals surface area contributed by atoms with E-state index in [2.05, 4.69) is 9.80 Å². The van der Waals surface area contributed by atoms with E-state index in [1.165, 1.54) is 12.1 Å². The summed E-state index contributed by atoms with van der Waals surface area (Å²) in [6.45, 7) is 3.52. The van der Waals surface area contributed by atoms with Crippen LogP contribution < -0.4 is 4.74 Å². The normalized spacial score (nSPS) is 17.1. The number of fused-ring (bicyclic) bond motifs is 2. The number of piperazine rings is 1. The van der Waals surface area contributed by atoms with Crippen molar-refractivity contribution in [2.45, 2.75) is 10.4 Å². The minimum absolute atomic E-state index is 0.0948. The van der Waals surface area contributed by atoms with Gasteiger partial charge in [0.1, 0.15) is 17.3 Å². The molecule has 5 nitrogen and oxygen atoms in total. The molecular formula is C20H20F3N3O2S. The Kier molecular flexibility index (Phi) is 5.71. The highest BCUT2D eigenvalue weighted by molar-refractivity contribution is 8.00. The number of ether oxygens (including phenoxy) is 1. The molecule has 1 fully saturated rings. The van der Waals surface area contributed by atoms with E-state index < -0.39 is 5.51 Å². The molecule has 0 spiro atoms. The van der Waals surface area contributed by atoms with Gasteiger partial charge in [0.25, 0.3) is 0 Å². The van der Waals surface area contributed by atoms with Crippen LogP contribution in [0.1, 0.15) is 5.56 Å². The summed E-state index contributed by atoms with van der Waals surface area (Å²) < 4.78 is 44.7. The highest BCUT2D eigenvalue weighted by atomic mass is 32.2. The third-order valence-corrected chi connectivity index (χ3v) is 5.55. The van der Waals surface area contributed by atoms with Gasteiger partial charge in [0, 0.05) is 37.6 Å². The fraction of sp³-hybridized carbons (Fsp3) is 0.350. The largest absolute Gasteiger partial charge is 0.454 e. The molecule has 2 aromatic carbocycles. The molecule has 2 aliphatic heterocycles. The van der Waals surface area contributed by atoms with Crippen molar-refractivity contribution < 1.29 is 23.0 Å². The Morgan fingerprint density at radius 2 is 1.79 bits per heavy atom. The van der Waals surface area contributed by atoms with Crippen LogP contribution >= 0.6 is 11.8 Å². The summed E-state index contributed by atoms with van der Waals surface area (Å²) in [5.74, 6) is 1.66. The summed E-state index contributed by atoms with van der Waals surface area (Å²) in [7, 11) is 0. The molecule has 1 N–H and O–H groups in total. The molecule has 2 aliphatic rings. The summed E-state index contributed by atoms with van der Waals surface area (Å²) in [5, 5.41) is 9.14. The summed E-state index contributed by atoms with van der Waals surface area (Å²) in [4.78, 5) is 9.08. The smallest absolute Gasteiger partial charge is 0.446 e. The van der Waals surface area contributed by atoms with Crippen molar-refractivity contribution >= 4 is 23.3 Å². The summed E-state index contributed by atoms with van der Waals surface area (Å²) in [6, 6.07) is 11.8. The van der Waals surface area contributed by atoms with E-state index in [1.807, 2.05) is 18.2 Å². The van der Waals surface area contributed by atoms with Gasteiger partial charge >= 0.3 is 5.51 Å². The predicted octanol–water partition coefficient (Wildman–Crippen LogP) is 4.09. The zero-order valence-corrected chi connectivity index (χ0v) is 16.3. The first kappa shape index (κ1) is 20.1. The number of halogens is 3. The van der Waals surface area contributed by atoms with E-state index >= 15 is 0 Å². The number of aliphatic hydroxyl groups is 1. The molecule has 0 saturated carbocycles. The van der Waals surface area contributed by atoms with Gasteiger partial charge in [-0.3, -0.25) is 4.90 Å². The number of hydrogen-bond acceptors (Lipinski definition) is 6. The molecule has 0 aromatic heterocycles. The van der Waals surface area contributed by atoms with Crippen molar-refractivity contribution in [2.24, 2.45) is 4.99 Å². The second kappa shape index (κ2) is 8.25. The fourth-order valence-corrected chi connectivity index (χ4v) is 4.04. The molecule has 0 aliphatic carbocycles. The van der Waals surface area contributed by atoms with Crippen LogP contribution in [-0.4, -0.2) is 65.6 Å². The first-order chi connectivity index (χ1) is 13.9. The molecule has 0 atom stereocenters. The molecule has 154 valence electrons. The Labute approximate surface area is 170 Å². The lowest BCUT2D eigenvalue weighted by atomic mass is 10.1. The van der Waals surface area contributed by atoms with Gasteiger partial charge in [-0.25, -0.2) is 4.99 Å². The number of aliphatic hydroxyl groups excluding tert-OH is 1. The average Bonchev–Trinajstić information content (AvgIpc) is 2.84. The summed E-state index contributed by atoms with van der Waals surface area (Å²) >= 11 is -0.145. The minimum atomic E-state index is -4.37. The van der Waals surface area contributed by atoms with Crippen LogP contribution in [0, 0.1) is 0 Å². The zero-order valence-electron chi connectivity index (χ0n) is 15.5. The Bertz CT molecular complexity index is 912. The Balaban J connectivity index is 1.72. The second-order valence-corrected chi connectivity index (χ2v) is 7.90. The molecule has 1 saturated heterocycles. The number of aliphatic imine (C=N–C) groups is 1. The fourth-order valence-electron chi connectivity index (χ4n) is 3.46. The average molecular weight is 423 g/mol. The van der Waals surface area contributed by atoms with Gasteiger partial charge in [0.05, 0.1) is 12.2 Å². The van der Waals surface area contributed by atoms with E-state index in [9.17, 15) is 13.2 Å². The van der Waals surface area contributed by atoms with E-state index in [1.54, 1.807) is 12.1 Å². The Hall–Kier alpha value is -2.23. The SMILES string of the molecule is OCCN1CCN(C2=Nc3ccccc3Oc3ccc(SC(F)(F)F)cc32)CC1. The summed E-state index contributed by atoms with van der Waals surface area (Å²) in [6.07, 6.45) is 0. The number of β-amino-alcohol motifs (C(OH)–C–C–N with tert-alkyl or cyclic N) is 1. The van der Waals surface area contributed by atoms with Gasteiger partial charge in [-0.2, -0.15) is 13.2 Å². The predicted molar refractivity (Wildman–Crippen MR) is 106 cm³/mol. The zero-order chi connectivity index (χ0) is 20.4. The van der Waals surface area contributed by atoms with Crippen molar-refractivity contribution in [1.82, 2.24) is 9.80 Å². The third-order valence-electron chi connectivity index (χ3n) is 4.83. The third kappa shape index (κ3) is 4.68. The molecule has 2 aromatic rings. The monoisotopic (exact) mass is 423 g/mol. The molecule has 4 rings (SSSR count). The van der Waals surface area contributed by atoms with Gasteiger partial charge in [0.15, 0.2) is 5.75 Å². The van der Waals surface area contributed by atoms with Crippen LogP contribution in [0.3, 0.4) is 0 Å². The quantitative estimate of drug-likeness (QED) is 0.754. The van der Waals surface area contributed by atoms with Crippen LogP contribution in [0.5, 0.6) is 11.5 Å². The number of para-hydroxylation sites is 2. The molecule has 0 amide bonds. The first-order valence-electron chi connectivity index (χ1n) is 9.27. The first-order valence-corrected chi connectivity index (χ1v) is 10.1. The topological polar surface area (TPSA) is 48.3 Å². The maximum absolute atomic E-state index is 12.9. The molecule has 0 unspecified atom stereocenters. The van der Waals surface area contributed by atoms with Crippen molar-refractivity contribution in [2.75, 3.05) is 39.3 Å². The van der Waals surface area contributed by atoms with Gasteiger partial charge < -0.3 is 14.7 Å². The van der Waals surface area contributed by atoms with Crippen LogP contribution in [0.25, 0.3) is 0 Å². The van der Waals surface area contributed by atoms with Crippen LogP contribution in [-0.2, 0) is 0 Å². The lowest BCUT2D eigenvalue weighted by Gasteiger charge is -2.36. The van der Waals surface area contributed by atoms with E-state index in [4.69, 9.17) is 14.8 Å². The van der Waals surface area contributed by atoms with Gasteiger partial charge in [-0.15, -0.1) is 0 Å². The van der Waals surface area contributed by atoms with Crippen molar-refractivity contribution in [3.63, 3.8) is 0 Å². The maximum atomic E-state index is 12.9. The minimum Gasteiger partial charge on any atom is -0.454 e. The molecule has 9 heteroatoms.